The smallest absolute Gasteiger partial charge is 0.0830 e. The van der Waals surface area contributed by atoms with Crippen molar-refractivity contribution in [2.45, 2.75) is 30.9 Å². The third kappa shape index (κ3) is 1.27. The van der Waals surface area contributed by atoms with Crippen LogP contribution in [0.1, 0.15) is 19.3 Å². The zero-order chi connectivity index (χ0) is 8.60. The van der Waals surface area contributed by atoms with Gasteiger partial charge in [0.15, 0.2) is 0 Å². The molecular weight excluding hydrogens is 157 g/mol. The molecule has 2 aliphatic rings. The normalized spacial score (nSPS) is 39.2. The highest BCUT2D eigenvalue weighted by Crippen LogP contribution is 2.46. The maximum atomic E-state index is 12.0. The summed E-state index contributed by atoms with van der Waals surface area (Å²) in [6.45, 7) is 0.663. The molecule has 1 aliphatic carbocycles. The van der Waals surface area contributed by atoms with Crippen LogP contribution in [0.3, 0.4) is 0 Å². The highest BCUT2D eigenvalue weighted by Gasteiger charge is 2.50. The Labute approximate surface area is 71.5 Å². The summed E-state index contributed by atoms with van der Waals surface area (Å²) in [5.41, 5.74) is 0.141. The summed E-state index contributed by atoms with van der Waals surface area (Å²) in [6.07, 6.45) is 4.81. The predicted molar refractivity (Wildman–Crippen MR) is 44.3 cm³/mol. The molecule has 2 N–H and O–H groups in total. The quantitative estimate of drug-likeness (QED) is 0.616. The Kier molecular flexibility index (Phi) is 1.93. The first-order valence-corrected chi connectivity index (χ1v) is 4.47. The first-order chi connectivity index (χ1) is 5.77. The van der Waals surface area contributed by atoms with Crippen molar-refractivity contribution in [3.63, 3.8) is 0 Å². The van der Waals surface area contributed by atoms with Crippen molar-refractivity contribution >= 4 is 0 Å². The summed E-state index contributed by atoms with van der Waals surface area (Å²) < 4.78 is 12.0. The van der Waals surface area contributed by atoms with Gasteiger partial charge in [-0.3, -0.25) is 0 Å². The summed E-state index contributed by atoms with van der Waals surface area (Å²) in [5.74, 6) is 0.186. The fourth-order valence-corrected chi connectivity index (χ4v) is 2.09. The van der Waals surface area contributed by atoms with Crippen LogP contribution in [-0.2, 0) is 0 Å². The van der Waals surface area contributed by atoms with E-state index in [1.54, 1.807) is 6.08 Å². The van der Waals surface area contributed by atoms with E-state index in [1.807, 2.05) is 0 Å². The molecule has 0 aromatic rings. The van der Waals surface area contributed by atoms with Gasteiger partial charge in [-0.1, -0.05) is 6.08 Å². The summed E-state index contributed by atoms with van der Waals surface area (Å²) in [7, 11) is 0. The molecular formula is C9H14FNO. The molecule has 2 nitrogen and oxygen atoms in total. The van der Waals surface area contributed by atoms with Gasteiger partial charge < -0.3 is 10.4 Å². The Morgan fingerprint density at radius 1 is 1.50 bits per heavy atom. The van der Waals surface area contributed by atoms with E-state index in [-0.39, 0.29) is 17.6 Å². The number of piperidine rings is 1. The molecule has 2 unspecified atom stereocenters. The van der Waals surface area contributed by atoms with Crippen LogP contribution in [0.15, 0.2) is 12.4 Å². The van der Waals surface area contributed by atoms with Crippen molar-refractivity contribution in [1.29, 1.82) is 0 Å². The highest BCUT2D eigenvalue weighted by atomic mass is 19.1. The Hall–Kier alpha value is -0.410. The summed E-state index contributed by atoms with van der Waals surface area (Å²) in [4.78, 5) is 0. The van der Waals surface area contributed by atoms with Crippen LogP contribution in [0.25, 0.3) is 0 Å². The van der Waals surface area contributed by atoms with E-state index in [1.165, 1.54) is 0 Å². The van der Waals surface area contributed by atoms with Gasteiger partial charge in [0.1, 0.15) is 0 Å². The standard InChI is InChI=1S/C9H14FNO/c10-4-1-7-5-8(12)6-11-9(7)2-3-9/h1,4,7-8,11-12H,2-3,5-6H2/b4-1+. The van der Waals surface area contributed by atoms with Gasteiger partial charge in [-0.25, -0.2) is 4.39 Å². The number of hydrogen-bond acceptors (Lipinski definition) is 2. The lowest BCUT2D eigenvalue weighted by atomic mass is 9.87. The van der Waals surface area contributed by atoms with Gasteiger partial charge in [-0.15, -0.1) is 0 Å². The largest absolute Gasteiger partial charge is 0.392 e. The molecule has 0 aromatic carbocycles. The molecule has 0 amide bonds. The first kappa shape index (κ1) is 8.20. The summed E-state index contributed by atoms with van der Waals surface area (Å²) in [5, 5.41) is 12.6. The maximum Gasteiger partial charge on any atom is 0.0830 e. The van der Waals surface area contributed by atoms with E-state index in [4.69, 9.17) is 0 Å². The van der Waals surface area contributed by atoms with Crippen LogP contribution in [-0.4, -0.2) is 23.3 Å². The summed E-state index contributed by atoms with van der Waals surface area (Å²) in [6, 6.07) is 0. The Morgan fingerprint density at radius 2 is 2.25 bits per heavy atom. The lowest BCUT2D eigenvalue weighted by Crippen LogP contribution is -2.48. The lowest BCUT2D eigenvalue weighted by molar-refractivity contribution is 0.0980. The average Bonchev–Trinajstić information content (AvgIpc) is 2.80. The number of aliphatic hydroxyl groups is 1. The van der Waals surface area contributed by atoms with Gasteiger partial charge in [0.25, 0.3) is 0 Å². The second kappa shape index (κ2) is 2.82. The van der Waals surface area contributed by atoms with Crippen LogP contribution < -0.4 is 5.32 Å². The van der Waals surface area contributed by atoms with E-state index in [0.29, 0.717) is 19.3 Å². The third-order valence-corrected chi connectivity index (χ3v) is 3.02. The second-order valence-electron chi connectivity index (χ2n) is 3.85. The van der Waals surface area contributed by atoms with E-state index in [0.717, 1.165) is 12.8 Å². The van der Waals surface area contributed by atoms with Crippen LogP contribution in [0, 0.1) is 5.92 Å². The average molecular weight is 171 g/mol. The zero-order valence-electron chi connectivity index (χ0n) is 6.96. The fourth-order valence-electron chi connectivity index (χ4n) is 2.09. The topological polar surface area (TPSA) is 32.3 Å². The Morgan fingerprint density at radius 3 is 2.83 bits per heavy atom. The monoisotopic (exact) mass is 171 g/mol. The van der Waals surface area contributed by atoms with E-state index in [2.05, 4.69) is 5.32 Å². The van der Waals surface area contributed by atoms with Crippen molar-refractivity contribution in [2.75, 3.05) is 6.54 Å². The SMILES string of the molecule is OC1CNC2(CC2)C(/C=C/F)C1. The number of nitrogens with one attached hydrogen (secondary N) is 1. The number of aliphatic hydroxyl groups excluding tert-OH is 1. The summed E-state index contributed by atoms with van der Waals surface area (Å²) >= 11 is 0. The van der Waals surface area contributed by atoms with Crippen molar-refractivity contribution in [1.82, 2.24) is 5.32 Å². The molecule has 1 heterocycles. The molecule has 68 valence electrons. The van der Waals surface area contributed by atoms with Gasteiger partial charge in [0.2, 0.25) is 0 Å². The molecule has 1 saturated carbocycles. The van der Waals surface area contributed by atoms with Crippen LogP contribution >= 0.6 is 0 Å². The molecule has 2 atom stereocenters. The minimum absolute atomic E-state index is 0.141. The van der Waals surface area contributed by atoms with E-state index in [9.17, 15) is 9.50 Å². The van der Waals surface area contributed by atoms with Crippen LogP contribution in [0.4, 0.5) is 4.39 Å². The number of β-amino-alcohol motifs (C(OH)–C–C–N with tert-alkyl or cyclic N) is 1. The molecule has 1 spiro atoms. The fraction of sp³-hybridized carbons (Fsp3) is 0.778. The van der Waals surface area contributed by atoms with Crippen LogP contribution in [0.2, 0.25) is 0 Å². The van der Waals surface area contributed by atoms with Crippen molar-refractivity contribution < 1.29 is 9.50 Å². The third-order valence-electron chi connectivity index (χ3n) is 3.02. The number of hydrogen-bond donors (Lipinski definition) is 2. The van der Waals surface area contributed by atoms with Gasteiger partial charge in [-0.05, 0) is 19.3 Å². The van der Waals surface area contributed by atoms with Gasteiger partial charge >= 0.3 is 0 Å². The molecule has 0 radical (unpaired) electrons. The molecule has 2 rings (SSSR count). The molecule has 2 fully saturated rings. The molecule has 3 heteroatoms. The second-order valence-corrected chi connectivity index (χ2v) is 3.85. The van der Waals surface area contributed by atoms with Crippen LogP contribution in [0.5, 0.6) is 0 Å². The first-order valence-electron chi connectivity index (χ1n) is 4.47. The number of halogens is 1. The minimum atomic E-state index is -0.308. The van der Waals surface area contributed by atoms with Crippen molar-refractivity contribution in [3.8, 4) is 0 Å². The zero-order valence-corrected chi connectivity index (χ0v) is 6.96. The van der Waals surface area contributed by atoms with E-state index < -0.39 is 0 Å². The van der Waals surface area contributed by atoms with Crippen molar-refractivity contribution in [3.05, 3.63) is 12.4 Å². The molecule has 1 aliphatic heterocycles. The van der Waals surface area contributed by atoms with E-state index >= 15 is 0 Å². The van der Waals surface area contributed by atoms with Gasteiger partial charge in [0, 0.05) is 18.0 Å². The minimum Gasteiger partial charge on any atom is -0.392 e. The van der Waals surface area contributed by atoms with Gasteiger partial charge in [-0.2, -0.15) is 0 Å². The lowest BCUT2D eigenvalue weighted by Gasteiger charge is -2.33. The maximum absolute atomic E-state index is 12.0. The number of rotatable bonds is 1. The highest BCUT2D eigenvalue weighted by molar-refractivity contribution is 5.14. The Bertz CT molecular complexity index is 201. The van der Waals surface area contributed by atoms with Crippen molar-refractivity contribution in [2.24, 2.45) is 5.92 Å². The molecule has 0 aromatic heterocycles. The Balaban J connectivity index is 2.05. The van der Waals surface area contributed by atoms with Gasteiger partial charge in [0.05, 0.1) is 12.4 Å². The predicted octanol–water partition coefficient (Wildman–Crippen LogP) is 0.973. The molecule has 0 bridgehead atoms. The molecule has 12 heavy (non-hydrogen) atoms. The molecule has 1 saturated heterocycles.